The van der Waals surface area contributed by atoms with E-state index in [1.54, 1.807) is 7.11 Å². The lowest BCUT2D eigenvalue weighted by Gasteiger charge is -2.09. The quantitative estimate of drug-likeness (QED) is 0.568. The third-order valence-corrected chi connectivity index (χ3v) is 1.55. The normalized spacial score (nSPS) is 14.3. The van der Waals surface area contributed by atoms with Gasteiger partial charge >= 0.3 is 0 Å². The van der Waals surface area contributed by atoms with Crippen molar-refractivity contribution in [3.05, 3.63) is 0 Å². The van der Waals surface area contributed by atoms with Crippen LogP contribution >= 0.6 is 0 Å². The molecule has 0 fully saturated rings. The zero-order valence-electron chi connectivity index (χ0n) is 6.98. The second-order valence-corrected chi connectivity index (χ2v) is 3.02. The van der Waals surface area contributed by atoms with Gasteiger partial charge in [0, 0.05) is 7.11 Å². The van der Waals surface area contributed by atoms with E-state index in [-0.39, 0.29) is 0 Å². The van der Waals surface area contributed by atoms with E-state index in [0.29, 0.717) is 6.10 Å². The van der Waals surface area contributed by atoms with Crippen LogP contribution in [0.3, 0.4) is 0 Å². The van der Waals surface area contributed by atoms with E-state index in [4.69, 9.17) is 4.74 Å². The molecule has 9 heavy (non-hydrogen) atoms. The Morgan fingerprint density at radius 1 is 1.11 bits per heavy atom. The minimum absolute atomic E-state index is 0.437. The minimum atomic E-state index is 0.437. The van der Waals surface area contributed by atoms with Gasteiger partial charge in [0.2, 0.25) is 0 Å². The van der Waals surface area contributed by atoms with Crippen LogP contribution < -0.4 is 0 Å². The molecule has 0 rings (SSSR count). The van der Waals surface area contributed by atoms with Crippen LogP contribution in [-0.2, 0) is 4.74 Å². The average molecular weight is 130 g/mol. The molecule has 1 nitrogen and oxygen atoms in total. The fourth-order valence-electron chi connectivity index (χ4n) is 0.686. The summed E-state index contributed by atoms with van der Waals surface area (Å²) in [6.07, 6.45) is 2.90. The van der Waals surface area contributed by atoms with Crippen LogP contribution in [-0.4, -0.2) is 13.2 Å². The van der Waals surface area contributed by atoms with E-state index in [2.05, 4.69) is 20.8 Å². The van der Waals surface area contributed by atoms with E-state index < -0.39 is 0 Å². The van der Waals surface area contributed by atoms with Gasteiger partial charge < -0.3 is 4.74 Å². The van der Waals surface area contributed by atoms with Crippen LogP contribution in [0.4, 0.5) is 0 Å². The van der Waals surface area contributed by atoms with Crippen molar-refractivity contribution in [1.29, 1.82) is 0 Å². The second kappa shape index (κ2) is 4.80. The van der Waals surface area contributed by atoms with Gasteiger partial charge in [-0.25, -0.2) is 0 Å². The smallest absolute Gasteiger partial charge is 0.0543 e. The summed E-state index contributed by atoms with van der Waals surface area (Å²) >= 11 is 0. The first-order chi connectivity index (χ1) is 4.16. The van der Waals surface area contributed by atoms with Gasteiger partial charge in [-0.2, -0.15) is 0 Å². The molecule has 0 bridgehead atoms. The van der Waals surface area contributed by atoms with Crippen molar-refractivity contribution in [1.82, 2.24) is 0 Å². The van der Waals surface area contributed by atoms with Crippen molar-refractivity contribution in [2.45, 2.75) is 39.7 Å². The van der Waals surface area contributed by atoms with E-state index >= 15 is 0 Å². The van der Waals surface area contributed by atoms with Crippen molar-refractivity contribution in [3.8, 4) is 0 Å². The first kappa shape index (κ1) is 8.96. The molecule has 0 spiro atoms. The van der Waals surface area contributed by atoms with Gasteiger partial charge in [-0.3, -0.25) is 0 Å². The lowest BCUT2D eigenvalue weighted by Crippen LogP contribution is -2.05. The predicted octanol–water partition coefficient (Wildman–Crippen LogP) is 2.46. The van der Waals surface area contributed by atoms with Gasteiger partial charge in [0.25, 0.3) is 0 Å². The summed E-state index contributed by atoms with van der Waals surface area (Å²) < 4.78 is 5.10. The Balaban J connectivity index is 3.06. The number of methoxy groups -OCH3 is 1. The van der Waals surface area contributed by atoms with Gasteiger partial charge in [0.05, 0.1) is 6.10 Å². The molecule has 1 heteroatoms. The fraction of sp³-hybridized carbons (Fsp3) is 1.00. The zero-order chi connectivity index (χ0) is 7.28. The molecule has 1 unspecified atom stereocenters. The largest absolute Gasteiger partial charge is 0.382 e. The Kier molecular flexibility index (Phi) is 4.78. The number of hydrogen-bond acceptors (Lipinski definition) is 1. The van der Waals surface area contributed by atoms with Crippen LogP contribution in [0.5, 0.6) is 0 Å². The number of rotatable bonds is 4. The molecule has 0 saturated heterocycles. The standard InChI is InChI=1S/C8H18O/c1-7(2)5-6-8(3)9-4/h7-8H,5-6H2,1-4H3. The highest BCUT2D eigenvalue weighted by atomic mass is 16.5. The van der Waals surface area contributed by atoms with E-state index in [0.717, 1.165) is 5.92 Å². The Morgan fingerprint density at radius 2 is 1.67 bits per heavy atom. The van der Waals surface area contributed by atoms with E-state index in [9.17, 15) is 0 Å². The monoisotopic (exact) mass is 130 g/mol. The molecule has 0 amide bonds. The molecule has 0 aliphatic carbocycles. The molecular formula is C8H18O. The third kappa shape index (κ3) is 5.84. The Bertz CT molecular complexity index is 59.6. The van der Waals surface area contributed by atoms with Gasteiger partial charge in [-0.15, -0.1) is 0 Å². The summed E-state index contributed by atoms with van der Waals surface area (Å²) in [7, 11) is 1.77. The summed E-state index contributed by atoms with van der Waals surface area (Å²) in [5, 5.41) is 0. The van der Waals surface area contributed by atoms with Gasteiger partial charge in [-0.05, 0) is 25.7 Å². The van der Waals surface area contributed by atoms with Crippen LogP contribution in [0.25, 0.3) is 0 Å². The first-order valence-electron chi connectivity index (χ1n) is 3.69. The highest BCUT2D eigenvalue weighted by Gasteiger charge is 1.99. The molecule has 0 heterocycles. The van der Waals surface area contributed by atoms with Crippen LogP contribution in [0.2, 0.25) is 0 Å². The third-order valence-electron chi connectivity index (χ3n) is 1.55. The topological polar surface area (TPSA) is 9.23 Å². The van der Waals surface area contributed by atoms with Gasteiger partial charge in [-0.1, -0.05) is 13.8 Å². The van der Waals surface area contributed by atoms with Crippen LogP contribution in [0.1, 0.15) is 33.6 Å². The van der Waals surface area contributed by atoms with Crippen molar-refractivity contribution < 1.29 is 4.74 Å². The molecular weight excluding hydrogens is 112 g/mol. The second-order valence-electron chi connectivity index (χ2n) is 3.02. The van der Waals surface area contributed by atoms with Gasteiger partial charge in [0.15, 0.2) is 0 Å². The molecule has 0 N–H and O–H groups in total. The maximum atomic E-state index is 5.10. The summed E-state index contributed by atoms with van der Waals surface area (Å²) in [6, 6.07) is 0. The molecule has 1 atom stereocenters. The summed E-state index contributed by atoms with van der Waals surface area (Å²) in [5.74, 6) is 0.808. The molecule has 0 aromatic carbocycles. The molecule has 0 aromatic heterocycles. The van der Waals surface area contributed by atoms with E-state index in [1.807, 2.05) is 0 Å². The summed E-state index contributed by atoms with van der Waals surface area (Å²) in [4.78, 5) is 0. The Labute approximate surface area is 58.4 Å². The summed E-state index contributed by atoms with van der Waals surface area (Å²) in [5.41, 5.74) is 0. The van der Waals surface area contributed by atoms with Crippen molar-refractivity contribution in [2.75, 3.05) is 7.11 Å². The molecule has 56 valence electrons. The predicted molar refractivity (Wildman–Crippen MR) is 40.5 cm³/mol. The maximum absolute atomic E-state index is 5.10. The number of ether oxygens (including phenoxy) is 1. The van der Waals surface area contributed by atoms with Crippen LogP contribution in [0.15, 0.2) is 0 Å². The lowest BCUT2D eigenvalue weighted by molar-refractivity contribution is 0.106. The van der Waals surface area contributed by atoms with Gasteiger partial charge in [0.1, 0.15) is 0 Å². The molecule has 0 aliphatic rings. The fourth-order valence-corrected chi connectivity index (χ4v) is 0.686. The number of hydrogen-bond donors (Lipinski definition) is 0. The average Bonchev–Trinajstić information content (AvgIpc) is 1.83. The van der Waals surface area contributed by atoms with Crippen LogP contribution in [0, 0.1) is 5.92 Å². The summed E-state index contributed by atoms with van der Waals surface area (Å²) in [6.45, 7) is 6.59. The zero-order valence-corrected chi connectivity index (χ0v) is 6.98. The van der Waals surface area contributed by atoms with E-state index in [1.165, 1.54) is 12.8 Å². The Hall–Kier alpha value is -0.0400. The molecule has 0 saturated carbocycles. The molecule has 0 aliphatic heterocycles. The van der Waals surface area contributed by atoms with Crippen molar-refractivity contribution >= 4 is 0 Å². The minimum Gasteiger partial charge on any atom is -0.382 e. The molecule has 0 radical (unpaired) electrons. The highest BCUT2D eigenvalue weighted by Crippen LogP contribution is 2.07. The first-order valence-corrected chi connectivity index (χ1v) is 3.69. The van der Waals surface area contributed by atoms with Crippen molar-refractivity contribution in [2.24, 2.45) is 5.92 Å². The molecule has 0 aromatic rings. The Morgan fingerprint density at radius 3 is 2.00 bits per heavy atom. The maximum Gasteiger partial charge on any atom is 0.0543 e. The lowest BCUT2D eigenvalue weighted by atomic mass is 10.1. The van der Waals surface area contributed by atoms with Crippen molar-refractivity contribution in [3.63, 3.8) is 0 Å². The highest BCUT2D eigenvalue weighted by molar-refractivity contribution is 4.51. The SMILES string of the molecule is COC(C)CCC(C)C.